The summed E-state index contributed by atoms with van der Waals surface area (Å²) in [5.41, 5.74) is 0. The molecule has 2 aromatic rings. The second kappa shape index (κ2) is 4.93. The van der Waals surface area contributed by atoms with E-state index in [4.69, 9.17) is 16.3 Å². The minimum atomic E-state index is -1.00. The van der Waals surface area contributed by atoms with E-state index in [0.29, 0.717) is 4.47 Å². The molecule has 88 valence electrons. The number of aromatic nitrogens is 2. The molecule has 7 heteroatoms. The molecule has 0 bridgehead atoms. The molecular formula is C10H4BrClF2N2O. The lowest BCUT2D eigenvalue weighted by atomic mass is 10.3. The summed E-state index contributed by atoms with van der Waals surface area (Å²) in [4.78, 5) is 7.50. The molecule has 0 spiro atoms. The highest BCUT2D eigenvalue weighted by atomic mass is 79.9. The smallest absolute Gasteiger partial charge is 0.237 e. The molecule has 3 nitrogen and oxygen atoms in total. The summed E-state index contributed by atoms with van der Waals surface area (Å²) in [5, 5.41) is -0.00853. The van der Waals surface area contributed by atoms with Gasteiger partial charge < -0.3 is 4.74 Å². The number of ether oxygens (including phenoxy) is 1. The molecule has 0 amide bonds. The third-order valence-electron chi connectivity index (χ3n) is 1.79. The molecule has 0 N–H and O–H groups in total. The van der Waals surface area contributed by atoms with Crippen molar-refractivity contribution in [3.05, 3.63) is 45.8 Å². The lowest BCUT2D eigenvalue weighted by Crippen LogP contribution is -1.93. The van der Waals surface area contributed by atoms with Crippen LogP contribution in [-0.4, -0.2) is 9.97 Å². The molecule has 0 radical (unpaired) electrons. The molecule has 1 aromatic carbocycles. The third kappa shape index (κ3) is 2.89. The van der Waals surface area contributed by atoms with E-state index in [1.165, 1.54) is 12.3 Å². The molecule has 1 aromatic heterocycles. The molecule has 0 saturated carbocycles. The Balaban J connectivity index is 2.31. The van der Waals surface area contributed by atoms with Crippen molar-refractivity contribution >= 4 is 27.5 Å². The summed E-state index contributed by atoms with van der Waals surface area (Å²) in [6.07, 6.45) is 1.39. The van der Waals surface area contributed by atoms with Crippen LogP contribution in [0.15, 0.2) is 28.9 Å². The maximum Gasteiger partial charge on any atom is 0.237 e. The van der Waals surface area contributed by atoms with Crippen LogP contribution in [0.3, 0.4) is 0 Å². The highest BCUT2D eigenvalue weighted by Gasteiger charge is 2.09. The van der Waals surface area contributed by atoms with Crippen molar-refractivity contribution in [1.29, 1.82) is 0 Å². The molecule has 1 heterocycles. The van der Waals surface area contributed by atoms with Crippen molar-refractivity contribution in [3.63, 3.8) is 0 Å². The van der Waals surface area contributed by atoms with Gasteiger partial charge in [-0.25, -0.2) is 13.8 Å². The first-order valence-electron chi connectivity index (χ1n) is 4.37. The average Bonchev–Trinajstić information content (AvgIpc) is 2.29. The highest BCUT2D eigenvalue weighted by molar-refractivity contribution is 9.10. The van der Waals surface area contributed by atoms with Crippen molar-refractivity contribution in [1.82, 2.24) is 9.97 Å². The zero-order valence-corrected chi connectivity index (χ0v) is 10.5. The average molecular weight is 322 g/mol. The minimum Gasteiger partial charge on any atom is -0.438 e. The summed E-state index contributed by atoms with van der Waals surface area (Å²) in [6, 6.07) is 3.15. The van der Waals surface area contributed by atoms with Crippen LogP contribution in [0.1, 0.15) is 0 Å². The summed E-state index contributed by atoms with van der Waals surface area (Å²) < 4.78 is 31.3. The molecule has 2 rings (SSSR count). The van der Waals surface area contributed by atoms with Crippen LogP contribution in [-0.2, 0) is 0 Å². The summed E-state index contributed by atoms with van der Waals surface area (Å²) in [5.74, 6) is -1.72. The SMILES string of the molecule is Fc1ccc(Oc2nc(Cl)ncc2Br)cc1F. The van der Waals surface area contributed by atoms with Crippen LogP contribution < -0.4 is 4.74 Å². The fourth-order valence-electron chi connectivity index (χ4n) is 1.05. The van der Waals surface area contributed by atoms with Gasteiger partial charge in [-0.05, 0) is 39.7 Å². The quantitative estimate of drug-likeness (QED) is 0.785. The Morgan fingerprint density at radius 2 is 2.00 bits per heavy atom. The van der Waals surface area contributed by atoms with E-state index in [1.54, 1.807) is 0 Å². The van der Waals surface area contributed by atoms with Gasteiger partial charge in [0.25, 0.3) is 0 Å². The Morgan fingerprint density at radius 1 is 1.24 bits per heavy atom. The van der Waals surface area contributed by atoms with Gasteiger partial charge in [-0.3, -0.25) is 0 Å². The van der Waals surface area contributed by atoms with E-state index in [0.717, 1.165) is 12.1 Å². The Labute approximate surface area is 109 Å². The number of nitrogens with zero attached hydrogens (tertiary/aromatic N) is 2. The van der Waals surface area contributed by atoms with E-state index >= 15 is 0 Å². The van der Waals surface area contributed by atoms with E-state index < -0.39 is 11.6 Å². The van der Waals surface area contributed by atoms with Crippen molar-refractivity contribution in [2.75, 3.05) is 0 Å². The number of hydrogen-bond donors (Lipinski definition) is 0. The third-order valence-corrected chi connectivity index (χ3v) is 2.51. The van der Waals surface area contributed by atoms with Crippen LogP contribution in [0.25, 0.3) is 0 Å². The van der Waals surface area contributed by atoms with E-state index in [9.17, 15) is 8.78 Å². The summed E-state index contributed by atoms with van der Waals surface area (Å²) >= 11 is 8.73. The predicted octanol–water partition coefficient (Wildman–Crippen LogP) is 3.96. The Morgan fingerprint density at radius 3 is 2.71 bits per heavy atom. The fourth-order valence-corrected chi connectivity index (χ4v) is 1.45. The van der Waals surface area contributed by atoms with Crippen molar-refractivity contribution in [2.45, 2.75) is 0 Å². The van der Waals surface area contributed by atoms with E-state index in [1.807, 2.05) is 0 Å². The Kier molecular flexibility index (Phi) is 3.54. The van der Waals surface area contributed by atoms with Crippen LogP contribution in [0.2, 0.25) is 5.28 Å². The van der Waals surface area contributed by atoms with Gasteiger partial charge in [0.15, 0.2) is 11.6 Å². The monoisotopic (exact) mass is 320 g/mol. The van der Waals surface area contributed by atoms with Crippen LogP contribution >= 0.6 is 27.5 Å². The summed E-state index contributed by atoms with van der Waals surface area (Å²) in [6.45, 7) is 0. The number of hydrogen-bond acceptors (Lipinski definition) is 3. The first-order valence-corrected chi connectivity index (χ1v) is 5.54. The topological polar surface area (TPSA) is 35.0 Å². The van der Waals surface area contributed by atoms with Gasteiger partial charge in [-0.15, -0.1) is 0 Å². The molecular weight excluding hydrogens is 317 g/mol. The molecule has 0 atom stereocenters. The Bertz CT molecular complexity index is 568. The number of halogens is 4. The van der Waals surface area contributed by atoms with Gasteiger partial charge in [-0.2, -0.15) is 4.98 Å². The Hall–Kier alpha value is -1.27. The molecule has 0 saturated heterocycles. The standard InChI is InChI=1S/C10H4BrClF2N2O/c11-6-4-15-10(12)16-9(6)17-5-1-2-7(13)8(14)3-5/h1-4H. The normalized spacial score (nSPS) is 10.4. The van der Waals surface area contributed by atoms with Crippen LogP contribution in [0.4, 0.5) is 8.78 Å². The van der Waals surface area contributed by atoms with Gasteiger partial charge in [0, 0.05) is 12.3 Å². The number of benzene rings is 1. The maximum atomic E-state index is 12.9. The zero-order chi connectivity index (χ0) is 12.4. The first kappa shape index (κ1) is 12.2. The van der Waals surface area contributed by atoms with Crippen molar-refractivity contribution in [2.24, 2.45) is 0 Å². The maximum absolute atomic E-state index is 12.9. The largest absolute Gasteiger partial charge is 0.438 e. The lowest BCUT2D eigenvalue weighted by Gasteiger charge is -2.06. The summed E-state index contributed by atoms with van der Waals surface area (Å²) in [7, 11) is 0. The molecule has 17 heavy (non-hydrogen) atoms. The second-order valence-corrected chi connectivity index (χ2v) is 4.16. The first-order chi connectivity index (χ1) is 8.06. The van der Waals surface area contributed by atoms with Gasteiger partial charge in [-0.1, -0.05) is 0 Å². The lowest BCUT2D eigenvalue weighted by molar-refractivity contribution is 0.444. The van der Waals surface area contributed by atoms with Gasteiger partial charge in [0.2, 0.25) is 11.2 Å². The number of rotatable bonds is 2. The molecule has 0 unspecified atom stereocenters. The van der Waals surface area contributed by atoms with Gasteiger partial charge in [0.1, 0.15) is 5.75 Å². The molecule has 0 aliphatic carbocycles. The second-order valence-electron chi connectivity index (χ2n) is 2.97. The van der Waals surface area contributed by atoms with Crippen LogP contribution in [0, 0.1) is 11.6 Å². The van der Waals surface area contributed by atoms with Crippen molar-refractivity contribution < 1.29 is 13.5 Å². The van der Waals surface area contributed by atoms with E-state index in [-0.39, 0.29) is 16.9 Å². The minimum absolute atomic E-state index is 0.00853. The fraction of sp³-hybridized carbons (Fsp3) is 0. The van der Waals surface area contributed by atoms with E-state index in [2.05, 4.69) is 25.9 Å². The molecule has 0 aliphatic heterocycles. The highest BCUT2D eigenvalue weighted by Crippen LogP contribution is 2.28. The van der Waals surface area contributed by atoms with Gasteiger partial charge >= 0.3 is 0 Å². The zero-order valence-electron chi connectivity index (χ0n) is 8.12. The van der Waals surface area contributed by atoms with Crippen LogP contribution in [0.5, 0.6) is 11.6 Å². The molecule has 0 aliphatic rings. The molecule has 0 fully saturated rings. The van der Waals surface area contributed by atoms with Gasteiger partial charge in [0.05, 0.1) is 4.47 Å². The van der Waals surface area contributed by atoms with Crippen molar-refractivity contribution in [3.8, 4) is 11.6 Å². The predicted molar refractivity (Wildman–Crippen MR) is 61.2 cm³/mol.